The molecule has 0 N–H and O–H groups in total. The third kappa shape index (κ3) is 9.68. The van der Waals surface area contributed by atoms with Gasteiger partial charge in [0.05, 0.1) is 13.5 Å². The van der Waals surface area contributed by atoms with Crippen LogP contribution in [0.3, 0.4) is 0 Å². The van der Waals surface area contributed by atoms with Gasteiger partial charge < -0.3 is 4.74 Å². The summed E-state index contributed by atoms with van der Waals surface area (Å²) in [6.07, 6.45) is 6.17. The highest BCUT2D eigenvalue weighted by Crippen LogP contribution is 2.14. The fourth-order valence-corrected chi connectivity index (χ4v) is 1.55. The smallest absolute Gasteiger partial charge is 0.306 e. The number of hydrogen-bond donors (Lipinski definition) is 0. The first-order valence-corrected chi connectivity index (χ1v) is 6.34. The fraction of sp³-hybridized carbons (Fsp3) is 0.667. The van der Waals surface area contributed by atoms with Crippen molar-refractivity contribution in [3.63, 3.8) is 0 Å². The van der Waals surface area contributed by atoms with E-state index >= 15 is 0 Å². The molecule has 0 saturated heterocycles. The van der Waals surface area contributed by atoms with Gasteiger partial charge in [0.25, 0.3) is 0 Å². The monoisotopic (exact) mass is 236 g/mol. The summed E-state index contributed by atoms with van der Waals surface area (Å²) in [7, 11) is 1.42. The molecule has 0 heterocycles. The molecule has 0 amide bonds. The van der Waals surface area contributed by atoms with Crippen molar-refractivity contribution < 1.29 is 9.53 Å². The number of methoxy groups -OCH3 is 1. The van der Waals surface area contributed by atoms with Crippen LogP contribution in [0.25, 0.3) is 0 Å². The Bertz CT molecular complexity index is 294. The molecule has 0 aromatic rings. The molecule has 0 radical (unpaired) electrons. The van der Waals surface area contributed by atoms with Crippen LogP contribution in [0.4, 0.5) is 0 Å². The van der Waals surface area contributed by atoms with Crippen molar-refractivity contribution in [3.8, 4) is 11.8 Å². The molecule has 96 valence electrons. The Morgan fingerprint density at radius 3 is 2.59 bits per heavy atom. The number of carbonyl (C=O) groups is 1. The van der Waals surface area contributed by atoms with E-state index in [0.717, 1.165) is 18.4 Å². The van der Waals surface area contributed by atoms with Crippen molar-refractivity contribution in [2.45, 2.75) is 52.4 Å². The molecular formula is C15H24O2. The van der Waals surface area contributed by atoms with Crippen molar-refractivity contribution >= 4 is 5.97 Å². The molecule has 0 aliphatic rings. The predicted octanol–water partition coefficient (Wildman–Crippen LogP) is 3.72. The zero-order chi connectivity index (χ0) is 13.1. The Hall–Kier alpha value is -1.23. The molecule has 17 heavy (non-hydrogen) atoms. The molecule has 1 atom stereocenters. The molecule has 2 nitrogen and oxygen atoms in total. The van der Waals surface area contributed by atoms with Crippen molar-refractivity contribution in [2.75, 3.05) is 7.11 Å². The lowest BCUT2D eigenvalue weighted by Crippen LogP contribution is -2.08. The average Bonchev–Trinajstić information content (AvgIpc) is 2.30. The van der Waals surface area contributed by atoms with Crippen LogP contribution in [-0.2, 0) is 9.53 Å². The summed E-state index contributed by atoms with van der Waals surface area (Å²) in [5.41, 5.74) is 0.841. The molecular weight excluding hydrogens is 212 g/mol. The maximum Gasteiger partial charge on any atom is 0.306 e. The molecule has 0 unspecified atom stereocenters. The summed E-state index contributed by atoms with van der Waals surface area (Å²) in [6, 6.07) is 0. The van der Waals surface area contributed by atoms with Crippen molar-refractivity contribution in [3.05, 3.63) is 12.2 Å². The average molecular weight is 236 g/mol. The van der Waals surface area contributed by atoms with Gasteiger partial charge in [0, 0.05) is 5.92 Å². The van der Waals surface area contributed by atoms with E-state index in [4.69, 9.17) is 0 Å². The minimum absolute atomic E-state index is 0.107. The molecule has 0 spiro atoms. The summed E-state index contributed by atoms with van der Waals surface area (Å²) < 4.78 is 4.69. The topological polar surface area (TPSA) is 26.3 Å². The minimum Gasteiger partial charge on any atom is -0.469 e. The highest BCUT2D eigenvalue weighted by atomic mass is 16.5. The molecule has 0 aliphatic carbocycles. The van der Waals surface area contributed by atoms with Crippen LogP contribution in [0.1, 0.15) is 52.4 Å². The number of carbonyl (C=O) groups excluding carboxylic acids is 1. The van der Waals surface area contributed by atoms with Crippen LogP contribution in [0.15, 0.2) is 12.2 Å². The van der Waals surface area contributed by atoms with Crippen LogP contribution in [0, 0.1) is 17.8 Å². The second kappa shape index (κ2) is 9.96. The zero-order valence-electron chi connectivity index (χ0n) is 11.3. The molecule has 0 aromatic heterocycles. The van der Waals surface area contributed by atoms with Gasteiger partial charge in [0.2, 0.25) is 0 Å². The van der Waals surface area contributed by atoms with E-state index < -0.39 is 0 Å². The van der Waals surface area contributed by atoms with Gasteiger partial charge in [-0.15, -0.1) is 0 Å². The van der Waals surface area contributed by atoms with Crippen molar-refractivity contribution in [2.24, 2.45) is 5.92 Å². The Morgan fingerprint density at radius 1 is 1.35 bits per heavy atom. The minimum atomic E-state index is -0.179. The lowest BCUT2D eigenvalue weighted by atomic mass is 9.97. The number of ether oxygens (including phenoxy) is 1. The first-order chi connectivity index (χ1) is 8.10. The maximum atomic E-state index is 11.2. The lowest BCUT2D eigenvalue weighted by Gasteiger charge is -2.08. The number of unbranched alkanes of at least 4 members (excludes halogenated alkanes) is 3. The fourth-order valence-electron chi connectivity index (χ4n) is 1.55. The highest BCUT2D eigenvalue weighted by molar-refractivity contribution is 5.70. The van der Waals surface area contributed by atoms with Crippen molar-refractivity contribution in [1.82, 2.24) is 0 Å². The van der Waals surface area contributed by atoms with E-state index in [1.165, 1.54) is 26.4 Å². The Morgan fingerprint density at radius 2 is 2.06 bits per heavy atom. The predicted molar refractivity (Wildman–Crippen MR) is 71.5 cm³/mol. The van der Waals surface area contributed by atoms with Crippen LogP contribution in [0.2, 0.25) is 0 Å². The van der Waals surface area contributed by atoms with E-state index in [1.54, 1.807) is 0 Å². The number of esters is 1. The van der Waals surface area contributed by atoms with Gasteiger partial charge in [-0.1, -0.05) is 51.0 Å². The zero-order valence-corrected chi connectivity index (χ0v) is 11.3. The standard InChI is InChI=1S/C15H24O2/c1-5-6-7-8-9-14(11-10-13(2)3)12-15(16)17-4/h14H,2,5-9,12H2,1,3-4H3/t14-/m1/s1. The largest absolute Gasteiger partial charge is 0.469 e. The number of allylic oxidation sites excluding steroid dienone is 1. The van der Waals surface area contributed by atoms with Crippen molar-refractivity contribution in [1.29, 1.82) is 0 Å². The normalized spacial score (nSPS) is 11.2. The summed E-state index contributed by atoms with van der Waals surface area (Å²) in [5.74, 6) is 6.00. The van der Waals surface area contributed by atoms with Crippen LogP contribution >= 0.6 is 0 Å². The summed E-state index contributed by atoms with van der Waals surface area (Å²) in [5, 5.41) is 0. The number of hydrogen-bond acceptors (Lipinski definition) is 2. The van der Waals surface area contributed by atoms with Gasteiger partial charge in [-0.3, -0.25) is 4.79 Å². The summed E-state index contributed by atoms with van der Waals surface area (Å²) >= 11 is 0. The Balaban J connectivity index is 4.17. The van der Waals surface area contributed by atoms with Crippen LogP contribution in [0.5, 0.6) is 0 Å². The van der Waals surface area contributed by atoms with Crippen LogP contribution < -0.4 is 0 Å². The third-order valence-electron chi connectivity index (χ3n) is 2.54. The Labute approximate surface area is 105 Å². The second-order valence-corrected chi connectivity index (χ2v) is 4.38. The lowest BCUT2D eigenvalue weighted by molar-refractivity contribution is -0.141. The number of rotatable bonds is 7. The molecule has 0 bridgehead atoms. The maximum absolute atomic E-state index is 11.2. The van der Waals surface area contributed by atoms with E-state index in [9.17, 15) is 4.79 Å². The quantitative estimate of drug-likeness (QED) is 0.382. The summed E-state index contributed by atoms with van der Waals surface area (Å²) in [6.45, 7) is 7.81. The van der Waals surface area contributed by atoms with Gasteiger partial charge in [-0.05, 0) is 18.9 Å². The first kappa shape index (κ1) is 15.8. The van der Waals surface area contributed by atoms with E-state index in [1.807, 2.05) is 6.92 Å². The van der Waals surface area contributed by atoms with Gasteiger partial charge in [0.1, 0.15) is 0 Å². The second-order valence-electron chi connectivity index (χ2n) is 4.38. The third-order valence-corrected chi connectivity index (χ3v) is 2.54. The SMILES string of the molecule is C=C(C)C#C[C@@H](CCCCCC)CC(=O)OC. The van der Waals surface area contributed by atoms with Gasteiger partial charge >= 0.3 is 5.97 Å². The molecule has 0 rings (SSSR count). The van der Waals surface area contributed by atoms with E-state index in [0.29, 0.717) is 6.42 Å². The van der Waals surface area contributed by atoms with Gasteiger partial charge in [0.15, 0.2) is 0 Å². The molecule has 2 heteroatoms. The van der Waals surface area contributed by atoms with Gasteiger partial charge in [-0.2, -0.15) is 0 Å². The first-order valence-electron chi connectivity index (χ1n) is 6.34. The Kier molecular flexibility index (Phi) is 9.24. The van der Waals surface area contributed by atoms with Gasteiger partial charge in [-0.25, -0.2) is 0 Å². The van der Waals surface area contributed by atoms with E-state index in [2.05, 4.69) is 30.1 Å². The van der Waals surface area contributed by atoms with Crippen LogP contribution in [-0.4, -0.2) is 13.1 Å². The molecule has 0 fully saturated rings. The summed E-state index contributed by atoms with van der Waals surface area (Å²) in [4.78, 5) is 11.2. The molecule has 0 saturated carbocycles. The molecule has 0 aromatic carbocycles. The molecule has 0 aliphatic heterocycles. The van der Waals surface area contributed by atoms with E-state index in [-0.39, 0.29) is 11.9 Å². The highest BCUT2D eigenvalue weighted by Gasteiger charge is 2.11.